The van der Waals surface area contributed by atoms with E-state index in [4.69, 9.17) is 4.74 Å². The number of ether oxygens (including phenoxy) is 1. The summed E-state index contributed by atoms with van der Waals surface area (Å²) in [7, 11) is 1.65. The number of benzene rings is 1. The lowest BCUT2D eigenvalue weighted by atomic mass is 9.49. The van der Waals surface area contributed by atoms with Gasteiger partial charge < -0.3 is 15.0 Å². The van der Waals surface area contributed by atoms with Crippen molar-refractivity contribution >= 4 is 11.8 Å². The van der Waals surface area contributed by atoms with Crippen LogP contribution >= 0.6 is 0 Å². The highest BCUT2D eigenvalue weighted by molar-refractivity contribution is 5.91. The third-order valence-electron chi connectivity index (χ3n) is 7.93. The molecule has 5 heteroatoms. The van der Waals surface area contributed by atoms with Gasteiger partial charge in [0.25, 0.3) is 0 Å². The number of methoxy groups -OCH3 is 1. The molecule has 2 amide bonds. The molecule has 0 radical (unpaired) electrons. The summed E-state index contributed by atoms with van der Waals surface area (Å²) in [5.41, 5.74) is 0.879. The minimum atomic E-state index is -0.297. The predicted octanol–water partition coefficient (Wildman–Crippen LogP) is 3.52. The molecule has 1 aromatic carbocycles. The maximum atomic E-state index is 13.7. The summed E-state index contributed by atoms with van der Waals surface area (Å²) in [5.74, 6) is 3.33. The van der Waals surface area contributed by atoms with E-state index in [1.807, 2.05) is 29.2 Å². The molecule has 5 nitrogen and oxygen atoms in total. The van der Waals surface area contributed by atoms with Gasteiger partial charge in [-0.2, -0.15) is 0 Å². The van der Waals surface area contributed by atoms with Crippen molar-refractivity contribution in [3.05, 3.63) is 29.8 Å². The van der Waals surface area contributed by atoms with Crippen LogP contribution < -0.4 is 10.1 Å². The van der Waals surface area contributed by atoms with Gasteiger partial charge in [0.2, 0.25) is 11.8 Å². The first-order valence-corrected chi connectivity index (χ1v) is 11.3. The number of carbonyl (C=O) groups is 2. The minimum absolute atomic E-state index is 0.00334. The highest BCUT2D eigenvalue weighted by Crippen LogP contribution is 2.60. The summed E-state index contributed by atoms with van der Waals surface area (Å²) in [6.45, 7) is 1.22. The average Bonchev–Trinajstić information content (AvgIpc) is 3.20. The van der Waals surface area contributed by atoms with Crippen LogP contribution in [0.3, 0.4) is 0 Å². The highest BCUT2D eigenvalue weighted by atomic mass is 16.5. The average molecular weight is 397 g/mol. The first-order valence-electron chi connectivity index (χ1n) is 11.3. The summed E-state index contributed by atoms with van der Waals surface area (Å²) in [6, 6.07) is 7.44. The van der Waals surface area contributed by atoms with Crippen molar-refractivity contribution < 1.29 is 14.3 Å². The Labute approximate surface area is 173 Å². The first-order chi connectivity index (χ1) is 14.1. The maximum Gasteiger partial charge on any atom is 0.243 e. The van der Waals surface area contributed by atoms with E-state index in [2.05, 4.69) is 5.32 Å². The molecule has 1 aromatic rings. The molecule has 1 atom stereocenters. The maximum absolute atomic E-state index is 13.7. The van der Waals surface area contributed by atoms with Gasteiger partial charge in [0, 0.05) is 13.1 Å². The lowest BCUT2D eigenvalue weighted by molar-refractivity contribution is -0.160. The number of likely N-dealkylation sites (tertiary alicyclic amines) is 1. The summed E-state index contributed by atoms with van der Waals surface area (Å²) in [6.07, 6.45) is 8.90. The molecule has 1 N–H and O–H groups in total. The molecule has 5 fully saturated rings. The molecule has 156 valence electrons. The van der Waals surface area contributed by atoms with Gasteiger partial charge >= 0.3 is 0 Å². The fourth-order valence-electron chi connectivity index (χ4n) is 7.01. The molecule has 0 spiro atoms. The van der Waals surface area contributed by atoms with Gasteiger partial charge in [-0.1, -0.05) is 12.1 Å². The predicted molar refractivity (Wildman–Crippen MR) is 110 cm³/mol. The van der Waals surface area contributed by atoms with Gasteiger partial charge in [0.15, 0.2) is 0 Å². The molecule has 1 heterocycles. The van der Waals surface area contributed by atoms with Crippen LogP contribution in [0.2, 0.25) is 0 Å². The largest absolute Gasteiger partial charge is 0.497 e. The van der Waals surface area contributed by atoms with Crippen molar-refractivity contribution in [3.8, 4) is 5.75 Å². The van der Waals surface area contributed by atoms with E-state index in [1.54, 1.807) is 7.11 Å². The van der Waals surface area contributed by atoms with Crippen molar-refractivity contribution in [1.29, 1.82) is 0 Å². The number of nitrogens with one attached hydrogen (secondary N) is 1. The van der Waals surface area contributed by atoms with E-state index in [-0.39, 0.29) is 17.4 Å². The second kappa shape index (κ2) is 7.33. The van der Waals surface area contributed by atoms with Crippen LogP contribution in [-0.2, 0) is 16.1 Å². The van der Waals surface area contributed by atoms with Crippen LogP contribution in [0.4, 0.5) is 0 Å². The van der Waals surface area contributed by atoms with Gasteiger partial charge in [-0.3, -0.25) is 9.59 Å². The van der Waals surface area contributed by atoms with Gasteiger partial charge in [-0.05, 0) is 86.8 Å². The monoisotopic (exact) mass is 396 g/mol. The van der Waals surface area contributed by atoms with Crippen LogP contribution in [-0.4, -0.2) is 36.4 Å². The molecule has 5 aliphatic rings. The normalized spacial score (nSPS) is 35.0. The number of hydrogen-bond acceptors (Lipinski definition) is 3. The number of nitrogens with zero attached hydrogens (tertiary/aromatic N) is 1. The number of amides is 2. The topological polar surface area (TPSA) is 58.6 Å². The Morgan fingerprint density at radius 1 is 1.07 bits per heavy atom. The zero-order chi connectivity index (χ0) is 20.0. The van der Waals surface area contributed by atoms with Gasteiger partial charge in [-0.25, -0.2) is 0 Å². The van der Waals surface area contributed by atoms with E-state index in [1.165, 1.54) is 19.3 Å². The smallest absolute Gasteiger partial charge is 0.243 e. The van der Waals surface area contributed by atoms with Crippen molar-refractivity contribution in [3.63, 3.8) is 0 Å². The van der Waals surface area contributed by atoms with Crippen molar-refractivity contribution in [2.45, 2.75) is 64.0 Å². The SMILES string of the molecule is COc1ccc(CNC(=O)[C@@H]2CCCN2C(=O)C23CC4CC(CC(C4)C2)C3)cc1. The molecule has 6 rings (SSSR count). The van der Waals surface area contributed by atoms with E-state index in [0.717, 1.165) is 67.7 Å². The molecule has 0 unspecified atom stereocenters. The Balaban J connectivity index is 1.25. The van der Waals surface area contributed by atoms with E-state index < -0.39 is 0 Å². The molecule has 29 heavy (non-hydrogen) atoms. The fraction of sp³-hybridized carbons (Fsp3) is 0.667. The third-order valence-corrected chi connectivity index (χ3v) is 7.93. The first kappa shape index (κ1) is 19.0. The zero-order valence-corrected chi connectivity index (χ0v) is 17.4. The lowest BCUT2D eigenvalue weighted by Gasteiger charge is -2.56. The highest BCUT2D eigenvalue weighted by Gasteiger charge is 2.56. The van der Waals surface area contributed by atoms with Crippen LogP contribution in [0.25, 0.3) is 0 Å². The Bertz CT molecular complexity index is 753. The Hall–Kier alpha value is -2.04. The molecular formula is C24H32N2O3. The van der Waals surface area contributed by atoms with Crippen molar-refractivity contribution in [2.24, 2.45) is 23.2 Å². The Morgan fingerprint density at radius 2 is 1.69 bits per heavy atom. The molecule has 0 aromatic heterocycles. The molecule has 4 saturated carbocycles. The minimum Gasteiger partial charge on any atom is -0.497 e. The number of carbonyl (C=O) groups excluding carboxylic acids is 2. The second-order valence-electron chi connectivity index (χ2n) is 9.92. The van der Waals surface area contributed by atoms with Gasteiger partial charge in [-0.15, -0.1) is 0 Å². The summed E-state index contributed by atoms with van der Waals surface area (Å²) >= 11 is 0. The second-order valence-corrected chi connectivity index (χ2v) is 9.92. The summed E-state index contributed by atoms with van der Waals surface area (Å²) in [5, 5.41) is 3.06. The number of hydrogen-bond donors (Lipinski definition) is 1. The van der Waals surface area contributed by atoms with Crippen molar-refractivity contribution in [1.82, 2.24) is 10.2 Å². The van der Waals surface area contributed by atoms with Crippen LogP contribution in [0, 0.1) is 23.2 Å². The quantitative estimate of drug-likeness (QED) is 0.828. The van der Waals surface area contributed by atoms with E-state index in [0.29, 0.717) is 12.5 Å². The van der Waals surface area contributed by atoms with Gasteiger partial charge in [0.1, 0.15) is 11.8 Å². The molecule has 1 aliphatic heterocycles. The van der Waals surface area contributed by atoms with Gasteiger partial charge in [0.05, 0.1) is 12.5 Å². The molecular weight excluding hydrogens is 364 g/mol. The molecule has 4 bridgehead atoms. The van der Waals surface area contributed by atoms with Crippen LogP contribution in [0.5, 0.6) is 5.75 Å². The molecule has 4 aliphatic carbocycles. The van der Waals surface area contributed by atoms with E-state index >= 15 is 0 Å². The van der Waals surface area contributed by atoms with E-state index in [9.17, 15) is 9.59 Å². The Kier molecular flexibility index (Phi) is 4.79. The fourth-order valence-corrected chi connectivity index (χ4v) is 7.01. The number of rotatable bonds is 5. The van der Waals surface area contributed by atoms with Crippen LogP contribution in [0.1, 0.15) is 56.9 Å². The molecule has 1 saturated heterocycles. The van der Waals surface area contributed by atoms with Crippen LogP contribution in [0.15, 0.2) is 24.3 Å². The Morgan fingerprint density at radius 3 is 2.28 bits per heavy atom. The van der Waals surface area contributed by atoms with Crippen molar-refractivity contribution in [2.75, 3.05) is 13.7 Å². The lowest BCUT2D eigenvalue weighted by Crippen LogP contribution is -2.57. The summed E-state index contributed by atoms with van der Waals surface area (Å²) < 4.78 is 5.19. The third kappa shape index (κ3) is 3.43. The summed E-state index contributed by atoms with van der Waals surface area (Å²) in [4.78, 5) is 28.6. The standard InChI is InChI=1S/C24H32N2O3/c1-29-20-6-4-16(5-7-20)15-25-22(27)21-3-2-8-26(21)23(28)24-12-17-9-18(13-24)11-19(10-17)14-24/h4-7,17-19,21H,2-3,8-15H2,1H3,(H,25,27)/t17?,18?,19?,21-,24?/m0/s1. The zero-order valence-electron chi connectivity index (χ0n) is 17.4.